The molecule has 3 heterocycles. The van der Waals surface area contributed by atoms with E-state index in [1.54, 1.807) is 25.1 Å². The number of halogens is 3. The summed E-state index contributed by atoms with van der Waals surface area (Å²) in [7, 11) is 1.37. The normalized spacial score (nSPS) is 29.5. The maximum atomic E-state index is 13.6. The van der Waals surface area contributed by atoms with Crippen molar-refractivity contribution >= 4 is 50.9 Å². The topological polar surface area (TPSA) is 116 Å². The lowest BCUT2D eigenvalue weighted by molar-refractivity contribution is -0.138. The third-order valence-corrected chi connectivity index (χ3v) is 9.01. The number of amides is 2. The van der Waals surface area contributed by atoms with Crippen LogP contribution >= 0.6 is 39.1 Å². The number of nitrogens with zero attached hydrogens (tertiary/aromatic N) is 4. The van der Waals surface area contributed by atoms with Gasteiger partial charge in [0.25, 0.3) is 11.8 Å². The lowest BCUT2D eigenvalue weighted by Gasteiger charge is -2.49. The Kier molecular flexibility index (Phi) is 5.54. The molecule has 2 aromatic rings. The number of rotatable bonds is 4. The summed E-state index contributed by atoms with van der Waals surface area (Å²) >= 11 is 17.3. The van der Waals surface area contributed by atoms with Crippen LogP contribution < -0.4 is 16.1 Å². The van der Waals surface area contributed by atoms with Crippen molar-refractivity contribution in [2.45, 2.75) is 41.6 Å². The van der Waals surface area contributed by atoms with E-state index in [9.17, 15) is 24.3 Å². The molecule has 2 aliphatic heterocycles. The molecule has 3 aliphatic rings. The molecule has 1 aromatic carbocycles. The van der Waals surface area contributed by atoms with E-state index >= 15 is 0 Å². The Hall–Kier alpha value is -2.50. The molecule has 35 heavy (non-hydrogen) atoms. The van der Waals surface area contributed by atoms with E-state index in [2.05, 4.69) is 15.9 Å². The average Bonchev–Trinajstić information content (AvgIpc) is 3.14. The molecule has 1 saturated carbocycles. The predicted octanol–water partition coefficient (Wildman–Crippen LogP) is 1.80. The smallest absolute Gasteiger partial charge is 0.347 e. The number of allylic oxidation sites excluding steroid dienone is 2. The summed E-state index contributed by atoms with van der Waals surface area (Å²) in [5, 5.41) is 10.3. The second kappa shape index (κ2) is 8.01. The predicted molar refractivity (Wildman–Crippen MR) is 131 cm³/mol. The zero-order valence-electron chi connectivity index (χ0n) is 18.7. The first-order valence-electron chi connectivity index (χ1n) is 10.9. The molecule has 4 atom stereocenters. The Bertz CT molecular complexity index is 1430. The Balaban J connectivity index is 1.80. The standard InChI is InChI=1S/C22H21BrCl2N4O6/c1-3-35-15-8-11(4-5-14(15)30)16-12-6-7-28-19(33)26(2)20(34)29(28)13(12)9-21(24)17(31)27(10-23)18(32)22(16,21)25/h4-6,8,13,16,30H,3,7,9-10H2,1-2H3. The van der Waals surface area contributed by atoms with Gasteiger partial charge in [0.2, 0.25) is 0 Å². The zero-order chi connectivity index (χ0) is 25.4. The lowest BCUT2D eigenvalue weighted by Crippen LogP contribution is -2.59. The van der Waals surface area contributed by atoms with Gasteiger partial charge in [-0.25, -0.2) is 23.5 Å². The van der Waals surface area contributed by atoms with E-state index in [4.69, 9.17) is 27.9 Å². The Morgan fingerprint density at radius 1 is 1.17 bits per heavy atom. The first kappa shape index (κ1) is 24.2. The van der Waals surface area contributed by atoms with Gasteiger partial charge in [-0.05, 0) is 30.2 Å². The number of aromatic hydroxyl groups is 1. The third-order valence-electron chi connectivity index (χ3n) is 7.09. The van der Waals surface area contributed by atoms with E-state index in [0.717, 1.165) is 9.47 Å². The minimum atomic E-state index is -1.93. The summed E-state index contributed by atoms with van der Waals surface area (Å²) in [5.74, 6) is -2.25. The van der Waals surface area contributed by atoms with Crippen LogP contribution in [0.3, 0.4) is 0 Å². The summed E-state index contributed by atoms with van der Waals surface area (Å²) < 4.78 is 9.08. The van der Waals surface area contributed by atoms with E-state index in [1.165, 1.54) is 22.5 Å². The molecule has 1 saturated heterocycles. The Morgan fingerprint density at radius 3 is 2.54 bits per heavy atom. The van der Waals surface area contributed by atoms with Crippen LogP contribution in [-0.2, 0) is 23.2 Å². The van der Waals surface area contributed by atoms with Crippen molar-refractivity contribution in [2.24, 2.45) is 7.05 Å². The number of carbonyl (C=O) groups is 2. The molecule has 0 radical (unpaired) electrons. The largest absolute Gasteiger partial charge is 0.504 e. The number of likely N-dealkylation sites (tertiary alicyclic amines) is 1. The lowest BCUT2D eigenvalue weighted by atomic mass is 9.64. The van der Waals surface area contributed by atoms with Gasteiger partial charge < -0.3 is 9.84 Å². The maximum Gasteiger partial charge on any atom is 0.347 e. The van der Waals surface area contributed by atoms with Crippen molar-refractivity contribution in [1.82, 2.24) is 18.8 Å². The van der Waals surface area contributed by atoms with Gasteiger partial charge in [-0.2, -0.15) is 0 Å². The van der Waals surface area contributed by atoms with Crippen LogP contribution in [0, 0.1) is 0 Å². The first-order chi connectivity index (χ1) is 16.5. The van der Waals surface area contributed by atoms with Gasteiger partial charge in [-0.15, -0.1) is 23.2 Å². The molecule has 5 rings (SSSR count). The van der Waals surface area contributed by atoms with E-state index < -0.39 is 44.9 Å². The van der Waals surface area contributed by atoms with Crippen molar-refractivity contribution in [3.8, 4) is 11.5 Å². The number of carbonyl (C=O) groups excluding carboxylic acids is 2. The van der Waals surface area contributed by atoms with Gasteiger partial charge in [0, 0.05) is 19.4 Å². The Labute approximate surface area is 217 Å². The van der Waals surface area contributed by atoms with Crippen LogP contribution in [0.1, 0.15) is 30.9 Å². The van der Waals surface area contributed by atoms with Gasteiger partial charge in [-0.3, -0.25) is 14.5 Å². The van der Waals surface area contributed by atoms with Crippen molar-refractivity contribution in [2.75, 3.05) is 12.1 Å². The fourth-order valence-corrected chi connectivity index (χ4v) is 6.88. The molecule has 0 bridgehead atoms. The summed E-state index contributed by atoms with van der Waals surface area (Å²) in [6.45, 7) is 2.10. The molecule has 2 fully saturated rings. The fraction of sp³-hybridized carbons (Fsp3) is 0.455. The minimum Gasteiger partial charge on any atom is -0.504 e. The molecule has 4 unspecified atom stereocenters. The van der Waals surface area contributed by atoms with Crippen molar-refractivity contribution in [3.63, 3.8) is 0 Å². The van der Waals surface area contributed by atoms with E-state index in [0.29, 0.717) is 11.1 Å². The van der Waals surface area contributed by atoms with E-state index in [-0.39, 0.29) is 36.5 Å². The van der Waals surface area contributed by atoms with Crippen LogP contribution in [-0.4, -0.2) is 57.6 Å². The molecule has 186 valence electrons. The molecule has 13 heteroatoms. The maximum absolute atomic E-state index is 13.6. The highest BCUT2D eigenvalue weighted by Crippen LogP contribution is 2.63. The molecule has 1 N–H and O–H groups in total. The number of hydrogen-bond donors (Lipinski definition) is 1. The number of ether oxygens (including phenoxy) is 1. The number of benzene rings is 1. The van der Waals surface area contributed by atoms with Crippen LogP contribution in [0.25, 0.3) is 0 Å². The van der Waals surface area contributed by atoms with Crippen molar-refractivity contribution in [3.05, 3.63) is 56.4 Å². The first-order valence-corrected chi connectivity index (χ1v) is 12.7. The minimum absolute atomic E-state index is 0.0696. The number of phenols is 1. The van der Waals surface area contributed by atoms with Gasteiger partial charge in [0.1, 0.15) is 0 Å². The number of phenolic OH excluding ortho intramolecular Hbond substituents is 1. The molecule has 10 nitrogen and oxygen atoms in total. The number of alkyl halides is 3. The highest BCUT2D eigenvalue weighted by molar-refractivity contribution is 9.09. The second-order valence-electron chi connectivity index (χ2n) is 8.74. The zero-order valence-corrected chi connectivity index (χ0v) is 21.8. The average molecular weight is 588 g/mol. The fourth-order valence-electron chi connectivity index (χ4n) is 5.48. The quantitative estimate of drug-likeness (QED) is 0.252. The van der Waals surface area contributed by atoms with Gasteiger partial charge in [-0.1, -0.05) is 28.1 Å². The summed E-state index contributed by atoms with van der Waals surface area (Å²) in [6, 6.07) is 3.74. The van der Waals surface area contributed by atoms with Crippen molar-refractivity contribution in [1.29, 1.82) is 0 Å². The number of hydrogen-bond acceptors (Lipinski definition) is 6. The van der Waals surface area contributed by atoms with E-state index in [1.807, 2.05) is 0 Å². The van der Waals surface area contributed by atoms with Crippen LogP contribution in [0.4, 0.5) is 0 Å². The monoisotopic (exact) mass is 586 g/mol. The molecule has 1 aliphatic carbocycles. The Morgan fingerprint density at radius 2 is 1.89 bits per heavy atom. The number of fused-ring (bicyclic) bond motifs is 4. The number of aromatic nitrogens is 3. The van der Waals surface area contributed by atoms with Crippen LogP contribution in [0.15, 0.2) is 39.4 Å². The highest BCUT2D eigenvalue weighted by atomic mass is 79.9. The highest BCUT2D eigenvalue weighted by Gasteiger charge is 2.75. The molecule has 2 amide bonds. The van der Waals surface area contributed by atoms with Crippen LogP contribution in [0.5, 0.6) is 11.5 Å². The summed E-state index contributed by atoms with van der Waals surface area (Å²) in [5.41, 5.74) is -0.136. The molecule has 1 aromatic heterocycles. The molecular formula is C22H21BrCl2N4O6. The molecular weight excluding hydrogens is 567 g/mol. The third kappa shape index (κ3) is 2.94. The van der Waals surface area contributed by atoms with Gasteiger partial charge >= 0.3 is 11.4 Å². The SMILES string of the molecule is CCOc1cc(C2C3=CCn4c(=O)n(C)c(=O)n4C3CC3(Cl)C(=O)N(CBr)C(=O)C23Cl)ccc1O. The van der Waals surface area contributed by atoms with Crippen molar-refractivity contribution < 1.29 is 19.4 Å². The van der Waals surface area contributed by atoms with Crippen LogP contribution in [0.2, 0.25) is 0 Å². The molecule has 0 spiro atoms. The number of imide groups is 1. The second-order valence-corrected chi connectivity index (χ2v) is 10.5. The van der Waals surface area contributed by atoms with Gasteiger partial charge in [0.15, 0.2) is 21.2 Å². The summed E-state index contributed by atoms with van der Waals surface area (Å²) in [4.78, 5) is 49.9. The van der Waals surface area contributed by atoms with Gasteiger partial charge in [0.05, 0.1) is 24.6 Å². The summed E-state index contributed by atoms with van der Waals surface area (Å²) in [6.07, 6.45) is 1.58.